The molecule has 1 atom stereocenters. The second-order valence-electron chi connectivity index (χ2n) is 4.64. The van der Waals surface area contributed by atoms with Crippen LogP contribution in [0.4, 0.5) is 19.0 Å². The normalized spacial score (nSPS) is 17.0. The maximum Gasteiger partial charge on any atom is 0.432 e. The summed E-state index contributed by atoms with van der Waals surface area (Å²) >= 11 is 0. The van der Waals surface area contributed by atoms with Crippen LogP contribution in [0.2, 0.25) is 0 Å². The molecule has 1 unspecified atom stereocenters. The molecule has 0 aliphatic carbocycles. The number of carbonyl (C=O) groups is 1. The molecule has 0 saturated carbocycles. The van der Waals surface area contributed by atoms with E-state index in [1.165, 1.54) is 29.7 Å². The van der Waals surface area contributed by atoms with Crippen molar-refractivity contribution in [3.63, 3.8) is 0 Å². The van der Waals surface area contributed by atoms with Crippen LogP contribution in [0, 0.1) is 0 Å². The Bertz CT molecular complexity index is 567. The third kappa shape index (κ3) is 2.96. The Balaban J connectivity index is 2.31. The second kappa shape index (κ2) is 5.30. The molecule has 0 bridgehead atoms. The predicted octanol–water partition coefficient (Wildman–Crippen LogP) is 1.46. The summed E-state index contributed by atoms with van der Waals surface area (Å²) < 4.78 is 45.4. The zero-order chi connectivity index (χ0) is 15.8. The lowest BCUT2D eigenvalue weighted by molar-refractivity contribution is -0.145. The van der Waals surface area contributed by atoms with Gasteiger partial charge in [0.25, 0.3) is 0 Å². The molecule has 1 aliphatic rings. The van der Waals surface area contributed by atoms with Gasteiger partial charge < -0.3 is 14.5 Å². The Morgan fingerprint density at radius 1 is 1.48 bits per heavy atom. The number of aryl methyl sites for hydroxylation is 1. The standard InChI is InChI=1S/C12H15F3N4O2/c1-8(11(20)21-3)18-6-9(12(13,14)15)19(7-18)10-4-5-17(2)16-10/h4-6,8H,7H2,1-3H3. The van der Waals surface area contributed by atoms with E-state index in [0.717, 1.165) is 11.1 Å². The Hall–Kier alpha value is -2.19. The molecule has 1 aromatic heterocycles. The number of aromatic nitrogens is 2. The van der Waals surface area contributed by atoms with Crippen molar-refractivity contribution in [3.05, 3.63) is 24.2 Å². The first-order chi connectivity index (χ1) is 9.74. The molecule has 2 rings (SSSR count). The Labute approximate surface area is 119 Å². The third-order valence-electron chi connectivity index (χ3n) is 3.19. The molecular weight excluding hydrogens is 289 g/mol. The van der Waals surface area contributed by atoms with Gasteiger partial charge in [0.1, 0.15) is 11.7 Å². The highest BCUT2D eigenvalue weighted by Gasteiger charge is 2.44. The monoisotopic (exact) mass is 304 g/mol. The summed E-state index contributed by atoms with van der Waals surface area (Å²) in [6.45, 7) is 1.36. The minimum Gasteiger partial charge on any atom is -0.467 e. The van der Waals surface area contributed by atoms with E-state index in [9.17, 15) is 18.0 Å². The maximum atomic E-state index is 13.1. The first-order valence-electron chi connectivity index (χ1n) is 6.14. The molecule has 0 N–H and O–H groups in total. The Morgan fingerprint density at radius 3 is 2.62 bits per heavy atom. The van der Waals surface area contributed by atoms with E-state index in [1.807, 2.05) is 0 Å². The maximum absolute atomic E-state index is 13.1. The Kier molecular flexibility index (Phi) is 3.84. The summed E-state index contributed by atoms with van der Waals surface area (Å²) in [6.07, 6.45) is -2.08. The molecule has 1 aromatic rings. The van der Waals surface area contributed by atoms with Gasteiger partial charge >= 0.3 is 12.1 Å². The molecule has 2 heterocycles. The number of carbonyl (C=O) groups excluding carboxylic acids is 1. The van der Waals surface area contributed by atoms with Crippen LogP contribution >= 0.6 is 0 Å². The molecule has 6 nitrogen and oxygen atoms in total. The largest absolute Gasteiger partial charge is 0.467 e. The average molecular weight is 304 g/mol. The molecular formula is C12H15F3N4O2. The summed E-state index contributed by atoms with van der Waals surface area (Å²) in [7, 11) is 2.81. The number of anilines is 1. The number of ether oxygens (including phenoxy) is 1. The number of allylic oxidation sites excluding steroid dienone is 1. The van der Waals surface area contributed by atoms with Crippen LogP contribution in [-0.2, 0) is 16.6 Å². The van der Waals surface area contributed by atoms with Crippen LogP contribution in [-0.4, -0.2) is 46.6 Å². The van der Waals surface area contributed by atoms with Gasteiger partial charge in [-0.3, -0.25) is 4.68 Å². The summed E-state index contributed by atoms with van der Waals surface area (Å²) in [5, 5.41) is 3.97. The van der Waals surface area contributed by atoms with Crippen molar-refractivity contribution >= 4 is 11.8 Å². The number of nitrogens with zero attached hydrogens (tertiary/aromatic N) is 4. The van der Waals surface area contributed by atoms with Crippen molar-refractivity contribution in [2.45, 2.75) is 19.1 Å². The van der Waals surface area contributed by atoms with E-state index in [2.05, 4.69) is 9.84 Å². The number of methoxy groups -OCH3 is 1. The highest BCUT2D eigenvalue weighted by molar-refractivity contribution is 5.75. The molecule has 0 amide bonds. The zero-order valence-corrected chi connectivity index (χ0v) is 11.8. The van der Waals surface area contributed by atoms with Gasteiger partial charge in [-0.25, -0.2) is 4.79 Å². The van der Waals surface area contributed by atoms with Crippen LogP contribution in [0.15, 0.2) is 24.2 Å². The van der Waals surface area contributed by atoms with Gasteiger partial charge in [0.15, 0.2) is 5.82 Å². The van der Waals surface area contributed by atoms with Gasteiger partial charge in [0.05, 0.1) is 13.8 Å². The molecule has 0 fully saturated rings. The predicted molar refractivity (Wildman–Crippen MR) is 68.0 cm³/mol. The van der Waals surface area contributed by atoms with Crippen LogP contribution < -0.4 is 4.90 Å². The van der Waals surface area contributed by atoms with E-state index in [4.69, 9.17) is 0 Å². The molecule has 21 heavy (non-hydrogen) atoms. The van der Waals surface area contributed by atoms with Crippen molar-refractivity contribution in [1.29, 1.82) is 0 Å². The van der Waals surface area contributed by atoms with Crippen LogP contribution in [0.25, 0.3) is 0 Å². The molecule has 1 aliphatic heterocycles. The van der Waals surface area contributed by atoms with Crippen molar-refractivity contribution < 1.29 is 22.7 Å². The molecule has 9 heteroatoms. The number of rotatable bonds is 3. The summed E-state index contributed by atoms with van der Waals surface area (Å²) in [4.78, 5) is 13.8. The summed E-state index contributed by atoms with van der Waals surface area (Å²) in [5.74, 6) is -0.434. The van der Waals surface area contributed by atoms with Gasteiger partial charge in [-0.1, -0.05) is 0 Å². The minimum atomic E-state index is -4.54. The van der Waals surface area contributed by atoms with Gasteiger partial charge in [-0.05, 0) is 6.92 Å². The third-order valence-corrected chi connectivity index (χ3v) is 3.19. The fourth-order valence-corrected chi connectivity index (χ4v) is 2.02. The number of hydrogen-bond acceptors (Lipinski definition) is 5. The molecule has 0 spiro atoms. The highest BCUT2D eigenvalue weighted by atomic mass is 19.4. The quantitative estimate of drug-likeness (QED) is 0.792. The van der Waals surface area contributed by atoms with Crippen LogP contribution in [0.5, 0.6) is 0 Å². The minimum absolute atomic E-state index is 0.123. The first kappa shape index (κ1) is 15.2. The van der Waals surface area contributed by atoms with E-state index in [-0.39, 0.29) is 12.5 Å². The smallest absolute Gasteiger partial charge is 0.432 e. The lowest BCUT2D eigenvalue weighted by Gasteiger charge is -2.25. The zero-order valence-electron chi connectivity index (χ0n) is 11.8. The average Bonchev–Trinajstić information content (AvgIpc) is 3.02. The number of halogens is 3. The van der Waals surface area contributed by atoms with E-state index < -0.39 is 23.9 Å². The van der Waals surface area contributed by atoms with Crippen molar-refractivity contribution in [3.8, 4) is 0 Å². The van der Waals surface area contributed by atoms with E-state index in [1.54, 1.807) is 13.2 Å². The number of esters is 1. The lowest BCUT2D eigenvalue weighted by Crippen LogP contribution is -2.39. The molecule has 116 valence electrons. The van der Waals surface area contributed by atoms with E-state index >= 15 is 0 Å². The van der Waals surface area contributed by atoms with Gasteiger partial charge in [-0.15, -0.1) is 0 Å². The fourth-order valence-electron chi connectivity index (χ4n) is 2.02. The molecule has 0 saturated heterocycles. The first-order valence-corrected chi connectivity index (χ1v) is 6.14. The van der Waals surface area contributed by atoms with Crippen LogP contribution in [0.1, 0.15) is 6.92 Å². The topological polar surface area (TPSA) is 50.6 Å². The highest BCUT2D eigenvalue weighted by Crippen LogP contribution is 2.35. The van der Waals surface area contributed by atoms with E-state index in [0.29, 0.717) is 0 Å². The Morgan fingerprint density at radius 2 is 2.14 bits per heavy atom. The summed E-state index contributed by atoms with van der Waals surface area (Å²) in [6, 6.07) is 0.660. The number of alkyl halides is 3. The van der Waals surface area contributed by atoms with Gasteiger partial charge in [0, 0.05) is 25.5 Å². The van der Waals surface area contributed by atoms with Crippen molar-refractivity contribution in [2.24, 2.45) is 7.05 Å². The molecule has 0 radical (unpaired) electrons. The van der Waals surface area contributed by atoms with Crippen molar-refractivity contribution in [1.82, 2.24) is 14.7 Å². The SMILES string of the molecule is COC(=O)C(C)N1C=C(C(F)(F)F)N(c2ccn(C)n2)C1. The number of hydrogen-bond donors (Lipinski definition) is 0. The fraction of sp³-hybridized carbons (Fsp3) is 0.500. The second-order valence-corrected chi connectivity index (χ2v) is 4.64. The van der Waals surface area contributed by atoms with Crippen molar-refractivity contribution in [2.75, 3.05) is 18.7 Å². The molecule has 0 aromatic carbocycles. The lowest BCUT2D eigenvalue weighted by atomic mass is 10.3. The van der Waals surface area contributed by atoms with Gasteiger partial charge in [-0.2, -0.15) is 18.3 Å². The van der Waals surface area contributed by atoms with Crippen LogP contribution in [0.3, 0.4) is 0 Å². The van der Waals surface area contributed by atoms with Gasteiger partial charge in [0.2, 0.25) is 0 Å². The summed E-state index contributed by atoms with van der Waals surface area (Å²) in [5.41, 5.74) is -0.864.